The Morgan fingerprint density at radius 3 is 2.22 bits per heavy atom. The molecule has 0 heterocycles. The van der Waals surface area contributed by atoms with Crippen LogP contribution in [0.15, 0.2) is 24.3 Å². The lowest BCUT2D eigenvalue weighted by molar-refractivity contribution is -0.137. The van der Waals surface area contributed by atoms with Crippen molar-refractivity contribution in [2.45, 2.75) is 38.6 Å². The second kappa shape index (κ2) is 6.20. The van der Waals surface area contributed by atoms with Gasteiger partial charge in [0.05, 0.1) is 11.7 Å². The molecule has 0 saturated carbocycles. The van der Waals surface area contributed by atoms with E-state index in [1.54, 1.807) is 0 Å². The van der Waals surface area contributed by atoms with E-state index in [4.69, 9.17) is 10.5 Å². The summed E-state index contributed by atoms with van der Waals surface area (Å²) in [6.07, 6.45) is -3.91. The first-order valence-corrected chi connectivity index (χ1v) is 5.88. The van der Waals surface area contributed by atoms with Crippen LogP contribution in [-0.2, 0) is 17.3 Å². The van der Waals surface area contributed by atoms with Crippen molar-refractivity contribution in [2.24, 2.45) is 5.73 Å². The van der Waals surface area contributed by atoms with Gasteiger partial charge < -0.3 is 10.5 Å². The fourth-order valence-electron chi connectivity index (χ4n) is 1.65. The quantitative estimate of drug-likeness (QED) is 0.884. The van der Waals surface area contributed by atoms with Gasteiger partial charge in [0.15, 0.2) is 0 Å². The summed E-state index contributed by atoms with van der Waals surface area (Å²) in [5.74, 6) is 0. The van der Waals surface area contributed by atoms with Gasteiger partial charge >= 0.3 is 6.18 Å². The van der Waals surface area contributed by atoms with Gasteiger partial charge in [-0.15, -0.1) is 0 Å². The lowest BCUT2D eigenvalue weighted by atomic mass is 10.0. The smallest absolute Gasteiger partial charge is 0.377 e. The van der Waals surface area contributed by atoms with Gasteiger partial charge in [-0.1, -0.05) is 12.1 Å². The van der Waals surface area contributed by atoms with Gasteiger partial charge in [-0.25, -0.2) is 0 Å². The maximum absolute atomic E-state index is 12.4. The topological polar surface area (TPSA) is 35.2 Å². The zero-order valence-corrected chi connectivity index (χ0v) is 10.5. The summed E-state index contributed by atoms with van der Waals surface area (Å²) >= 11 is 0. The molecule has 0 radical (unpaired) electrons. The number of alkyl halides is 3. The number of nitrogens with two attached hydrogens (primary N) is 1. The van der Waals surface area contributed by atoms with Crippen molar-refractivity contribution in [1.82, 2.24) is 0 Å². The maximum Gasteiger partial charge on any atom is 0.416 e. The third kappa shape index (κ3) is 4.31. The average molecular weight is 261 g/mol. The second-order valence-electron chi connectivity index (χ2n) is 4.22. The summed E-state index contributed by atoms with van der Waals surface area (Å²) in [6.45, 7) is 4.31. The van der Waals surface area contributed by atoms with Crippen LogP contribution in [0.25, 0.3) is 0 Å². The summed E-state index contributed by atoms with van der Waals surface area (Å²) in [6, 6.07) is 4.85. The standard InChI is InChI=1S/C13H18F3NO/c1-3-18-9(2)12(17)8-10-4-6-11(7-5-10)13(14,15)16/h4-7,9,12H,3,8,17H2,1-2H3. The van der Waals surface area contributed by atoms with Gasteiger partial charge in [0.1, 0.15) is 0 Å². The first-order valence-electron chi connectivity index (χ1n) is 5.88. The van der Waals surface area contributed by atoms with E-state index in [9.17, 15) is 13.2 Å². The Bertz CT molecular complexity index is 361. The molecule has 5 heteroatoms. The molecule has 2 N–H and O–H groups in total. The molecule has 18 heavy (non-hydrogen) atoms. The van der Waals surface area contributed by atoms with E-state index in [2.05, 4.69) is 0 Å². The summed E-state index contributed by atoms with van der Waals surface area (Å²) in [5, 5.41) is 0. The number of halogens is 3. The molecule has 0 aromatic heterocycles. The molecule has 0 amide bonds. The Labute approximate surface area is 105 Å². The van der Waals surface area contributed by atoms with Gasteiger partial charge in [0.25, 0.3) is 0 Å². The third-order valence-corrected chi connectivity index (χ3v) is 2.79. The predicted octanol–water partition coefficient (Wildman–Crippen LogP) is 3.00. The molecule has 0 spiro atoms. The zero-order valence-electron chi connectivity index (χ0n) is 10.5. The molecular weight excluding hydrogens is 243 g/mol. The largest absolute Gasteiger partial charge is 0.416 e. The Morgan fingerprint density at radius 1 is 1.22 bits per heavy atom. The SMILES string of the molecule is CCOC(C)C(N)Cc1ccc(C(F)(F)F)cc1. The van der Waals surface area contributed by atoms with Crippen LogP contribution in [0.1, 0.15) is 25.0 Å². The molecule has 102 valence electrons. The molecule has 0 fully saturated rings. The van der Waals surface area contributed by atoms with Crippen molar-refractivity contribution in [1.29, 1.82) is 0 Å². The fraction of sp³-hybridized carbons (Fsp3) is 0.538. The molecule has 0 aliphatic rings. The average Bonchev–Trinajstić information content (AvgIpc) is 2.28. The first-order chi connectivity index (χ1) is 8.34. The van der Waals surface area contributed by atoms with Crippen molar-refractivity contribution in [2.75, 3.05) is 6.61 Å². The fourth-order valence-corrected chi connectivity index (χ4v) is 1.65. The predicted molar refractivity (Wildman–Crippen MR) is 64.2 cm³/mol. The first kappa shape index (κ1) is 15.0. The van der Waals surface area contributed by atoms with Crippen LogP contribution in [0.5, 0.6) is 0 Å². The van der Waals surface area contributed by atoms with Crippen LogP contribution >= 0.6 is 0 Å². The number of hydrogen-bond donors (Lipinski definition) is 1. The number of rotatable bonds is 5. The molecule has 1 aromatic rings. The van der Waals surface area contributed by atoms with E-state index in [1.807, 2.05) is 13.8 Å². The highest BCUT2D eigenvalue weighted by atomic mass is 19.4. The van der Waals surface area contributed by atoms with Crippen LogP contribution in [-0.4, -0.2) is 18.8 Å². The Kier molecular flexibility index (Phi) is 5.16. The number of hydrogen-bond acceptors (Lipinski definition) is 2. The van der Waals surface area contributed by atoms with Crippen LogP contribution in [0.3, 0.4) is 0 Å². The Balaban J connectivity index is 2.64. The number of ether oxygens (including phenoxy) is 1. The van der Waals surface area contributed by atoms with Gasteiger partial charge in [-0.05, 0) is 38.0 Å². The van der Waals surface area contributed by atoms with Crippen molar-refractivity contribution in [3.8, 4) is 0 Å². The van der Waals surface area contributed by atoms with E-state index in [1.165, 1.54) is 12.1 Å². The summed E-state index contributed by atoms with van der Waals surface area (Å²) in [5.41, 5.74) is 6.05. The molecule has 2 unspecified atom stereocenters. The van der Waals surface area contributed by atoms with Crippen molar-refractivity contribution < 1.29 is 17.9 Å². The number of benzene rings is 1. The molecular formula is C13H18F3NO. The Morgan fingerprint density at radius 2 is 1.78 bits per heavy atom. The molecule has 1 aromatic carbocycles. The summed E-state index contributed by atoms with van der Waals surface area (Å²) in [4.78, 5) is 0. The normalized spacial score (nSPS) is 15.4. The van der Waals surface area contributed by atoms with E-state index in [0.717, 1.165) is 17.7 Å². The van der Waals surface area contributed by atoms with E-state index in [0.29, 0.717) is 13.0 Å². The Hall–Kier alpha value is -1.07. The monoisotopic (exact) mass is 261 g/mol. The second-order valence-corrected chi connectivity index (χ2v) is 4.22. The van der Waals surface area contributed by atoms with Crippen molar-refractivity contribution >= 4 is 0 Å². The third-order valence-electron chi connectivity index (χ3n) is 2.79. The molecule has 0 saturated heterocycles. The minimum atomic E-state index is -4.29. The molecule has 2 nitrogen and oxygen atoms in total. The van der Waals surface area contributed by atoms with Gasteiger partial charge in [-0.3, -0.25) is 0 Å². The minimum Gasteiger partial charge on any atom is -0.377 e. The van der Waals surface area contributed by atoms with Gasteiger partial charge in [-0.2, -0.15) is 13.2 Å². The highest BCUT2D eigenvalue weighted by Crippen LogP contribution is 2.29. The van der Waals surface area contributed by atoms with Crippen LogP contribution in [0.2, 0.25) is 0 Å². The molecule has 0 aliphatic heterocycles. The maximum atomic E-state index is 12.4. The molecule has 0 aliphatic carbocycles. The van der Waals surface area contributed by atoms with E-state index >= 15 is 0 Å². The van der Waals surface area contributed by atoms with E-state index in [-0.39, 0.29) is 12.1 Å². The molecule has 1 rings (SSSR count). The van der Waals surface area contributed by atoms with Crippen molar-refractivity contribution in [3.05, 3.63) is 35.4 Å². The minimum absolute atomic E-state index is 0.114. The van der Waals surface area contributed by atoms with Gasteiger partial charge in [0.2, 0.25) is 0 Å². The lowest BCUT2D eigenvalue weighted by Gasteiger charge is -2.20. The van der Waals surface area contributed by atoms with Crippen molar-refractivity contribution in [3.63, 3.8) is 0 Å². The highest BCUT2D eigenvalue weighted by molar-refractivity contribution is 5.25. The van der Waals surface area contributed by atoms with Gasteiger partial charge in [0, 0.05) is 12.6 Å². The summed E-state index contributed by atoms with van der Waals surface area (Å²) < 4.78 is 42.4. The zero-order chi connectivity index (χ0) is 13.8. The highest BCUT2D eigenvalue weighted by Gasteiger charge is 2.30. The molecule has 0 bridgehead atoms. The lowest BCUT2D eigenvalue weighted by Crippen LogP contribution is -2.36. The van der Waals surface area contributed by atoms with Crippen LogP contribution < -0.4 is 5.73 Å². The van der Waals surface area contributed by atoms with E-state index < -0.39 is 11.7 Å². The molecule has 2 atom stereocenters. The van der Waals surface area contributed by atoms with Crippen LogP contribution in [0.4, 0.5) is 13.2 Å². The summed E-state index contributed by atoms with van der Waals surface area (Å²) in [7, 11) is 0. The van der Waals surface area contributed by atoms with Crippen LogP contribution in [0, 0.1) is 0 Å².